The molecule has 2 aromatic rings. The van der Waals surface area contributed by atoms with Crippen molar-refractivity contribution in [2.24, 2.45) is 0 Å². The predicted molar refractivity (Wildman–Crippen MR) is 73.7 cm³/mol. The van der Waals surface area contributed by atoms with E-state index in [0.29, 0.717) is 18.4 Å². The lowest BCUT2D eigenvalue weighted by Gasteiger charge is -2.08. The van der Waals surface area contributed by atoms with Gasteiger partial charge in [-0.3, -0.25) is 0 Å². The van der Waals surface area contributed by atoms with E-state index in [1.807, 2.05) is 0 Å². The minimum absolute atomic E-state index is 0.298. The van der Waals surface area contributed by atoms with Crippen LogP contribution < -0.4 is 0 Å². The Morgan fingerprint density at radius 2 is 2.10 bits per heavy atom. The Labute approximate surface area is 118 Å². The van der Waals surface area contributed by atoms with Gasteiger partial charge in [0.1, 0.15) is 0 Å². The number of aryl methyl sites for hydroxylation is 1. The zero-order chi connectivity index (χ0) is 13.4. The molecule has 0 bridgehead atoms. The lowest BCUT2D eigenvalue weighted by Crippen LogP contribution is -1.99. The molecule has 1 aliphatic heterocycles. The summed E-state index contributed by atoms with van der Waals surface area (Å²) in [5.41, 5.74) is 2.93. The lowest BCUT2D eigenvalue weighted by atomic mass is 9.98. The first-order valence-corrected chi connectivity index (χ1v) is 7.38. The average Bonchev–Trinajstić information content (AvgIpc) is 3.19. The molecule has 0 unspecified atom stereocenters. The maximum Gasteiger partial charge on any atom is 0.222 e. The van der Waals surface area contributed by atoms with Gasteiger partial charge < -0.3 is 9.15 Å². The predicted octanol–water partition coefficient (Wildman–Crippen LogP) is 2.85. The van der Waals surface area contributed by atoms with E-state index >= 15 is 0 Å². The van der Waals surface area contributed by atoms with Crippen LogP contribution in [0.2, 0.25) is 0 Å². The van der Waals surface area contributed by atoms with E-state index in [1.165, 1.54) is 17.5 Å². The molecule has 4 heteroatoms. The number of hydrogen-bond donors (Lipinski definition) is 0. The van der Waals surface area contributed by atoms with Gasteiger partial charge in [-0.1, -0.05) is 24.3 Å². The molecule has 2 atom stereocenters. The van der Waals surface area contributed by atoms with Gasteiger partial charge in [-0.25, -0.2) is 0 Å². The number of ether oxygens (including phenoxy) is 1. The molecule has 1 saturated heterocycles. The van der Waals surface area contributed by atoms with Crippen molar-refractivity contribution in [1.29, 1.82) is 0 Å². The van der Waals surface area contributed by atoms with Gasteiger partial charge in [0.25, 0.3) is 0 Å². The molecule has 0 N–H and O–H groups in total. The summed E-state index contributed by atoms with van der Waals surface area (Å²) >= 11 is 0. The first-order chi connectivity index (χ1) is 9.90. The summed E-state index contributed by atoms with van der Waals surface area (Å²) in [6, 6.07) is 8.69. The standard InChI is InChI=1S/C16H18N2O2/c1-2-4-14-11(3-1)5-6-12(14)9-15-17-18-16(20-15)13-7-8-19-10-13/h1-4,12-13H,5-10H2/t12-,13-/m1/s1. The summed E-state index contributed by atoms with van der Waals surface area (Å²) in [7, 11) is 0. The van der Waals surface area contributed by atoms with E-state index in [-0.39, 0.29) is 0 Å². The van der Waals surface area contributed by atoms with Crippen molar-refractivity contribution in [3.63, 3.8) is 0 Å². The normalized spacial score (nSPS) is 25.0. The second kappa shape index (κ2) is 5.02. The quantitative estimate of drug-likeness (QED) is 0.860. The number of nitrogens with zero attached hydrogens (tertiary/aromatic N) is 2. The molecule has 1 aromatic carbocycles. The largest absolute Gasteiger partial charge is 0.425 e. The summed E-state index contributed by atoms with van der Waals surface area (Å²) < 4.78 is 11.2. The third-order valence-corrected chi connectivity index (χ3v) is 4.44. The maximum atomic E-state index is 5.84. The van der Waals surface area contributed by atoms with Crippen LogP contribution in [-0.2, 0) is 17.6 Å². The van der Waals surface area contributed by atoms with E-state index in [4.69, 9.17) is 9.15 Å². The topological polar surface area (TPSA) is 48.2 Å². The number of benzene rings is 1. The van der Waals surface area contributed by atoms with Gasteiger partial charge in [0.2, 0.25) is 11.8 Å². The molecule has 2 heterocycles. The van der Waals surface area contributed by atoms with Crippen molar-refractivity contribution in [3.8, 4) is 0 Å². The zero-order valence-electron chi connectivity index (χ0n) is 11.4. The first kappa shape index (κ1) is 12.1. The Morgan fingerprint density at radius 1 is 1.15 bits per heavy atom. The van der Waals surface area contributed by atoms with Crippen molar-refractivity contribution in [3.05, 3.63) is 47.2 Å². The Bertz CT molecular complexity index is 602. The molecule has 0 saturated carbocycles. The molecule has 1 fully saturated rings. The Balaban J connectivity index is 1.50. The molecule has 0 spiro atoms. The second-order valence-corrected chi connectivity index (χ2v) is 5.73. The fourth-order valence-corrected chi connectivity index (χ4v) is 3.31. The lowest BCUT2D eigenvalue weighted by molar-refractivity contribution is 0.190. The minimum atomic E-state index is 0.298. The van der Waals surface area contributed by atoms with Gasteiger partial charge in [0, 0.05) is 13.0 Å². The number of fused-ring (bicyclic) bond motifs is 1. The zero-order valence-corrected chi connectivity index (χ0v) is 11.4. The molecular weight excluding hydrogens is 252 g/mol. The summed E-state index contributed by atoms with van der Waals surface area (Å²) in [6.07, 6.45) is 4.20. The van der Waals surface area contributed by atoms with Gasteiger partial charge in [-0.15, -0.1) is 10.2 Å². The van der Waals surface area contributed by atoms with E-state index in [0.717, 1.165) is 37.7 Å². The summed E-state index contributed by atoms with van der Waals surface area (Å²) in [5.74, 6) is 2.35. The monoisotopic (exact) mass is 270 g/mol. The fraction of sp³-hybridized carbons (Fsp3) is 0.500. The minimum Gasteiger partial charge on any atom is -0.425 e. The van der Waals surface area contributed by atoms with Crippen molar-refractivity contribution < 1.29 is 9.15 Å². The van der Waals surface area contributed by atoms with Gasteiger partial charge in [-0.05, 0) is 36.3 Å². The molecule has 4 rings (SSSR count). The summed E-state index contributed by atoms with van der Waals surface area (Å²) in [6.45, 7) is 1.52. The van der Waals surface area contributed by atoms with Crippen molar-refractivity contribution >= 4 is 0 Å². The van der Waals surface area contributed by atoms with Crippen molar-refractivity contribution in [2.75, 3.05) is 13.2 Å². The average molecular weight is 270 g/mol. The number of hydrogen-bond acceptors (Lipinski definition) is 4. The van der Waals surface area contributed by atoms with E-state index in [2.05, 4.69) is 34.5 Å². The second-order valence-electron chi connectivity index (χ2n) is 5.73. The van der Waals surface area contributed by atoms with Crippen LogP contribution in [-0.4, -0.2) is 23.4 Å². The Kier molecular flexibility index (Phi) is 3.03. The van der Waals surface area contributed by atoms with Crippen LogP contribution in [0.4, 0.5) is 0 Å². The molecule has 2 aliphatic rings. The van der Waals surface area contributed by atoms with Crippen molar-refractivity contribution in [1.82, 2.24) is 10.2 Å². The fourth-order valence-electron chi connectivity index (χ4n) is 3.31. The Morgan fingerprint density at radius 3 is 3.00 bits per heavy atom. The van der Waals surface area contributed by atoms with Gasteiger partial charge in [-0.2, -0.15) is 0 Å². The van der Waals surface area contributed by atoms with Gasteiger partial charge >= 0.3 is 0 Å². The van der Waals surface area contributed by atoms with Crippen LogP contribution in [0.3, 0.4) is 0 Å². The molecule has 0 radical (unpaired) electrons. The molecule has 4 nitrogen and oxygen atoms in total. The van der Waals surface area contributed by atoms with E-state index in [1.54, 1.807) is 0 Å². The SMILES string of the molecule is c1ccc2c(c1)CC[C@@H]2Cc1nnc([C@@H]2CCOC2)o1. The highest BCUT2D eigenvalue weighted by molar-refractivity contribution is 5.35. The number of rotatable bonds is 3. The molecule has 1 aromatic heterocycles. The van der Waals surface area contributed by atoms with Crippen LogP contribution >= 0.6 is 0 Å². The van der Waals surface area contributed by atoms with Crippen LogP contribution in [0.15, 0.2) is 28.7 Å². The molecule has 104 valence electrons. The first-order valence-electron chi connectivity index (χ1n) is 7.38. The van der Waals surface area contributed by atoms with Crippen LogP contribution in [0.1, 0.15) is 47.6 Å². The summed E-state index contributed by atoms with van der Waals surface area (Å²) in [4.78, 5) is 0. The van der Waals surface area contributed by atoms with Crippen LogP contribution in [0.25, 0.3) is 0 Å². The molecule has 1 aliphatic carbocycles. The smallest absolute Gasteiger partial charge is 0.222 e. The molecular formula is C16H18N2O2. The number of aromatic nitrogens is 2. The molecule has 0 amide bonds. The van der Waals surface area contributed by atoms with Gasteiger partial charge in [0.05, 0.1) is 12.5 Å². The maximum absolute atomic E-state index is 5.84. The third kappa shape index (κ3) is 2.14. The van der Waals surface area contributed by atoms with Gasteiger partial charge in [0.15, 0.2) is 0 Å². The highest BCUT2D eigenvalue weighted by Gasteiger charge is 2.27. The van der Waals surface area contributed by atoms with Crippen LogP contribution in [0, 0.1) is 0 Å². The van der Waals surface area contributed by atoms with E-state index < -0.39 is 0 Å². The highest BCUT2D eigenvalue weighted by Crippen LogP contribution is 2.35. The molecule has 20 heavy (non-hydrogen) atoms. The third-order valence-electron chi connectivity index (χ3n) is 4.44. The van der Waals surface area contributed by atoms with Crippen LogP contribution in [0.5, 0.6) is 0 Å². The Hall–Kier alpha value is -1.68. The van der Waals surface area contributed by atoms with E-state index in [9.17, 15) is 0 Å². The summed E-state index contributed by atoms with van der Waals surface area (Å²) in [5, 5.41) is 8.42. The highest BCUT2D eigenvalue weighted by atomic mass is 16.5. The van der Waals surface area contributed by atoms with Crippen molar-refractivity contribution in [2.45, 2.75) is 37.5 Å².